The number of aromatic nitrogens is 2. The van der Waals surface area contributed by atoms with E-state index < -0.39 is 0 Å². The van der Waals surface area contributed by atoms with Gasteiger partial charge in [-0.15, -0.1) is 11.3 Å². The van der Waals surface area contributed by atoms with E-state index in [9.17, 15) is 0 Å². The maximum Gasteiger partial charge on any atom is 0.0656 e. The summed E-state index contributed by atoms with van der Waals surface area (Å²) in [6.07, 6.45) is 6.30. The van der Waals surface area contributed by atoms with Crippen LogP contribution in [0.25, 0.3) is 0 Å². The second-order valence-electron chi connectivity index (χ2n) is 4.60. The van der Waals surface area contributed by atoms with Crippen LogP contribution in [-0.2, 0) is 13.0 Å². The molecule has 3 nitrogen and oxygen atoms in total. The molecule has 19 heavy (non-hydrogen) atoms. The smallest absolute Gasteiger partial charge is 0.0656 e. The van der Waals surface area contributed by atoms with Gasteiger partial charge in [0.2, 0.25) is 0 Å². The third-order valence-corrected chi connectivity index (χ3v) is 4.89. The molecule has 0 fully saturated rings. The van der Waals surface area contributed by atoms with Crippen LogP contribution in [0.1, 0.15) is 37.4 Å². The van der Waals surface area contributed by atoms with Crippen molar-refractivity contribution in [3.8, 4) is 0 Å². The SMILES string of the molecule is CCCNC(Cc1cnn(CC)c1)c1csc(I)c1. The van der Waals surface area contributed by atoms with Gasteiger partial charge in [0, 0.05) is 18.8 Å². The summed E-state index contributed by atoms with van der Waals surface area (Å²) in [6.45, 7) is 6.31. The molecular weight excluding hydrogens is 369 g/mol. The van der Waals surface area contributed by atoms with Crippen LogP contribution in [0, 0.1) is 2.88 Å². The molecule has 2 rings (SSSR count). The molecule has 0 aliphatic carbocycles. The molecule has 0 amide bonds. The van der Waals surface area contributed by atoms with Crippen LogP contribution in [0.3, 0.4) is 0 Å². The largest absolute Gasteiger partial charge is 0.310 e. The van der Waals surface area contributed by atoms with Crippen LogP contribution in [0.2, 0.25) is 0 Å². The second kappa shape index (κ2) is 7.40. The standard InChI is InChI=1S/C14H20IN3S/c1-3-5-16-13(12-7-14(15)19-10-12)6-11-8-17-18(4-2)9-11/h7-10,13,16H,3-6H2,1-2H3. The molecule has 1 unspecified atom stereocenters. The lowest BCUT2D eigenvalue weighted by Gasteiger charge is -2.16. The summed E-state index contributed by atoms with van der Waals surface area (Å²) in [5.41, 5.74) is 2.70. The molecule has 5 heteroatoms. The van der Waals surface area contributed by atoms with Gasteiger partial charge in [0.15, 0.2) is 0 Å². The zero-order valence-corrected chi connectivity index (χ0v) is 14.4. The van der Waals surface area contributed by atoms with E-state index in [2.05, 4.69) is 64.5 Å². The van der Waals surface area contributed by atoms with Crippen LogP contribution in [0.5, 0.6) is 0 Å². The number of nitrogens with zero attached hydrogens (tertiary/aromatic N) is 2. The maximum atomic E-state index is 4.36. The van der Waals surface area contributed by atoms with Crippen molar-refractivity contribution in [1.82, 2.24) is 15.1 Å². The van der Waals surface area contributed by atoms with Crippen molar-refractivity contribution in [2.24, 2.45) is 0 Å². The fraction of sp³-hybridized carbons (Fsp3) is 0.500. The molecule has 0 aliphatic rings. The highest BCUT2D eigenvalue weighted by Gasteiger charge is 2.14. The first-order chi connectivity index (χ1) is 9.22. The molecule has 0 bridgehead atoms. The summed E-state index contributed by atoms with van der Waals surface area (Å²) in [5, 5.41) is 10.3. The quantitative estimate of drug-likeness (QED) is 0.729. The predicted molar refractivity (Wildman–Crippen MR) is 89.7 cm³/mol. The van der Waals surface area contributed by atoms with E-state index in [1.165, 1.54) is 14.0 Å². The first-order valence-corrected chi connectivity index (χ1v) is 8.67. The van der Waals surface area contributed by atoms with Gasteiger partial charge in [-0.3, -0.25) is 4.68 Å². The molecule has 0 spiro atoms. The van der Waals surface area contributed by atoms with Gasteiger partial charge < -0.3 is 5.32 Å². The highest BCUT2D eigenvalue weighted by Crippen LogP contribution is 2.25. The summed E-state index contributed by atoms with van der Waals surface area (Å²) in [6, 6.07) is 2.68. The summed E-state index contributed by atoms with van der Waals surface area (Å²) >= 11 is 4.20. The number of hydrogen-bond acceptors (Lipinski definition) is 3. The van der Waals surface area contributed by atoms with Crippen molar-refractivity contribution in [3.63, 3.8) is 0 Å². The zero-order valence-electron chi connectivity index (χ0n) is 11.4. The first-order valence-electron chi connectivity index (χ1n) is 6.71. The van der Waals surface area contributed by atoms with E-state index in [1.807, 2.05) is 22.2 Å². The molecule has 104 valence electrons. The third-order valence-electron chi connectivity index (χ3n) is 3.08. The molecular formula is C14H20IN3S. The Hall–Kier alpha value is -0.400. The molecule has 0 aromatic carbocycles. The van der Waals surface area contributed by atoms with Crippen LogP contribution >= 0.6 is 33.9 Å². The van der Waals surface area contributed by atoms with Crippen molar-refractivity contribution in [1.29, 1.82) is 0 Å². The average Bonchev–Trinajstić information content (AvgIpc) is 3.03. The molecule has 0 aliphatic heterocycles. The Bertz CT molecular complexity index is 506. The van der Waals surface area contributed by atoms with Gasteiger partial charge in [-0.1, -0.05) is 6.92 Å². The Balaban J connectivity index is 2.09. The van der Waals surface area contributed by atoms with E-state index in [0.717, 1.165) is 25.9 Å². The normalized spacial score (nSPS) is 12.8. The molecule has 1 atom stereocenters. The zero-order chi connectivity index (χ0) is 13.7. The molecule has 2 aromatic heterocycles. The second-order valence-corrected chi connectivity index (χ2v) is 7.40. The summed E-state index contributed by atoms with van der Waals surface area (Å²) in [7, 11) is 0. The van der Waals surface area contributed by atoms with E-state index in [-0.39, 0.29) is 0 Å². The van der Waals surface area contributed by atoms with Crippen molar-refractivity contribution in [2.75, 3.05) is 6.54 Å². The fourth-order valence-electron chi connectivity index (χ4n) is 2.05. The van der Waals surface area contributed by atoms with Gasteiger partial charge >= 0.3 is 0 Å². The maximum absolute atomic E-state index is 4.36. The van der Waals surface area contributed by atoms with Crippen LogP contribution < -0.4 is 5.32 Å². The van der Waals surface area contributed by atoms with Gasteiger partial charge in [0.05, 0.1) is 9.08 Å². The number of halogens is 1. The van der Waals surface area contributed by atoms with Crippen molar-refractivity contribution < 1.29 is 0 Å². The monoisotopic (exact) mass is 389 g/mol. The minimum absolute atomic E-state index is 0.397. The van der Waals surface area contributed by atoms with Gasteiger partial charge in [-0.25, -0.2) is 0 Å². The van der Waals surface area contributed by atoms with Gasteiger partial charge in [-0.05, 0) is 71.5 Å². The lowest BCUT2D eigenvalue weighted by atomic mass is 10.0. The molecule has 0 saturated heterocycles. The van der Waals surface area contributed by atoms with Gasteiger partial charge in [0.1, 0.15) is 0 Å². The molecule has 2 heterocycles. The van der Waals surface area contributed by atoms with Gasteiger partial charge in [-0.2, -0.15) is 5.10 Å². The third kappa shape index (κ3) is 4.29. The Morgan fingerprint density at radius 3 is 2.89 bits per heavy atom. The fourth-order valence-corrected chi connectivity index (χ4v) is 3.48. The molecule has 1 N–H and O–H groups in total. The minimum Gasteiger partial charge on any atom is -0.310 e. The van der Waals surface area contributed by atoms with Crippen LogP contribution in [0.15, 0.2) is 23.8 Å². The van der Waals surface area contributed by atoms with E-state index in [0.29, 0.717) is 6.04 Å². The van der Waals surface area contributed by atoms with E-state index in [4.69, 9.17) is 0 Å². The Kier molecular flexibility index (Phi) is 5.84. The first kappa shape index (κ1) is 15.0. The van der Waals surface area contributed by atoms with Crippen molar-refractivity contribution in [2.45, 2.75) is 39.3 Å². The van der Waals surface area contributed by atoms with E-state index >= 15 is 0 Å². The lowest BCUT2D eigenvalue weighted by Crippen LogP contribution is -2.23. The lowest BCUT2D eigenvalue weighted by molar-refractivity contribution is 0.530. The van der Waals surface area contributed by atoms with Crippen molar-refractivity contribution in [3.05, 3.63) is 37.9 Å². The number of aryl methyl sites for hydroxylation is 1. The molecule has 0 saturated carbocycles. The Morgan fingerprint density at radius 1 is 1.47 bits per heavy atom. The minimum atomic E-state index is 0.397. The van der Waals surface area contributed by atoms with Crippen molar-refractivity contribution >= 4 is 33.9 Å². The topological polar surface area (TPSA) is 29.9 Å². The summed E-state index contributed by atoms with van der Waals surface area (Å²) in [4.78, 5) is 0. The van der Waals surface area contributed by atoms with Crippen LogP contribution in [0.4, 0.5) is 0 Å². The number of nitrogens with one attached hydrogen (secondary N) is 1. The highest BCUT2D eigenvalue weighted by molar-refractivity contribution is 14.1. The number of hydrogen-bond donors (Lipinski definition) is 1. The molecule has 0 radical (unpaired) electrons. The predicted octanol–water partition coefficient (Wildman–Crippen LogP) is 3.85. The van der Waals surface area contributed by atoms with E-state index in [1.54, 1.807) is 0 Å². The molecule has 2 aromatic rings. The summed E-state index contributed by atoms with van der Waals surface area (Å²) in [5.74, 6) is 0. The number of rotatable bonds is 7. The van der Waals surface area contributed by atoms with Gasteiger partial charge in [0.25, 0.3) is 0 Å². The Morgan fingerprint density at radius 2 is 2.32 bits per heavy atom. The summed E-state index contributed by atoms with van der Waals surface area (Å²) < 4.78 is 3.34. The average molecular weight is 389 g/mol. The Labute approximate surface area is 132 Å². The van der Waals surface area contributed by atoms with Crippen LogP contribution in [-0.4, -0.2) is 16.3 Å². The highest BCUT2D eigenvalue weighted by atomic mass is 127. The number of thiophene rings is 1.